The summed E-state index contributed by atoms with van der Waals surface area (Å²) in [5.41, 5.74) is -0.639. The molecule has 1 atom stereocenters. The fourth-order valence-corrected chi connectivity index (χ4v) is 3.87. The Labute approximate surface area is 119 Å². The van der Waals surface area contributed by atoms with Crippen LogP contribution in [0, 0.1) is 0 Å². The van der Waals surface area contributed by atoms with Crippen molar-refractivity contribution in [1.29, 1.82) is 0 Å². The molecule has 0 radical (unpaired) electrons. The van der Waals surface area contributed by atoms with E-state index in [1.807, 2.05) is 0 Å². The normalized spacial score (nSPS) is 20.1. The second kappa shape index (κ2) is 5.64. The summed E-state index contributed by atoms with van der Waals surface area (Å²) in [6.45, 7) is -0.625. The standard InChI is InChI=1S/C11H13N3O6S/c15-9-4-12-8(3-13-9)11(18)14(5-10(16)17)7-1-2-21(19,20)6-7/h3-4,7H,1-2,5-6H2,(H,13,15)(H,16,17). The Balaban J connectivity index is 2.27. The highest BCUT2D eigenvalue weighted by Crippen LogP contribution is 2.19. The molecule has 0 bridgehead atoms. The van der Waals surface area contributed by atoms with Crippen LogP contribution in [0.3, 0.4) is 0 Å². The summed E-state index contributed by atoms with van der Waals surface area (Å²) < 4.78 is 23.0. The van der Waals surface area contributed by atoms with E-state index in [-0.39, 0.29) is 23.6 Å². The van der Waals surface area contributed by atoms with Crippen LogP contribution in [-0.2, 0) is 14.6 Å². The third-order valence-electron chi connectivity index (χ3n) is 3.11. The monoisotopic (exact) mass is 315 g/mol. The van der Waals surface area contributed by atoms with Crippen molar-refractivity contribution >= 4 is 21.7 Å². The zero-order valence-electron chi connectivity index (χ0n) is 10.9. The fraction of sp³-hybridized carbons (Fsp3) is 0.455. The molecule has 1 fully saturated rings. The molecule has 9 nitrogen and oxygen atoms in total. The average Bonchev–Trinajstić information content (AvgIpc) is 2.76. The van der Waals surface area contributed by atoms with Crippen LogP contribution < -0.4 is 5.56 Å². The molecular formula is C11H13N3O6S. The number of carbonyl (C=O) groups is 2. The molecular weight excluding hydrogens is 302 g/mol. The van der Waals surface area contributed by atoms with Crippen molar-refractivity contribution in [2.24, 2.45) is 0 Å². The van der Waals surface area contributed by atoms with Gasteiger partial charge in [-0.1, -0.05) is 0 Å². The molecule has 10 heteroatoms. The van der Waals surface area contributed by atoms with Crippen LogP contribution in [0.1, 0.15) is 16.9 Å². The molecule has 0 aliphatic carbocycles. The van der Waals surface area contributed by atoms with Crippen LogP contribution in [0.25, 0.3) is 0 Å². The molecule has 1 unspecified atom stereocenters. The van der Waals surface area contributed by atoms with Crippen molar-refractivity contribution in [3.63, 3.8) is 0 Å². The lowest BCUT2D eigenvalue weighted by atomic mass is 10.2. The quantitative estimate of drug-likeness (QED) is 0.688. The molecule has 2 rings (SSSR count). The molecule has 1 amide bonds. The summed E-state index contributed by atoms with van der Waals surface area (Å²) in [6.07, 6.45) is 2.16. The Kier molecular flexibility index (Phi) is 4.07. The third-order valence-corrected chi connectivity index (χ3v) is 4.86. The second-order valence-electron chi connectivity index (χ2n) is 4.68. The first-order chi connectivity index (χ1) is 9.78. The van der Waals surface area contributed by atoms with Gasteiger partial charge in [-0.05, 0) is 6.42 Å². The van der Waals surface area contributed by atoms with Gasteiger partial charge in [0.15, 0.2) is 9.84 Å². The topological polar surface area (TPSA) is 138 Å². The Morgan fingerprint density at radius 3 is 2.67 bits per heavy atom. The van der Waals surface area contributed by atoms with E-state index < -0.39 is 39.9 Å². The maximum absolute atomic E-state index is 12.3. The maximum Gasteiger partial charge on any atom is 0.323 e. The van der Waals surface area contributed by atoms with E-state index in [9.17, 15) is 22.8 Å². The summed E-state index contributed by atoms with van der Waals surface area (Å²) in [7, 11) is -3.26. The van der Waals surface area contributed by atoms with Crippen LogP contribution >= 0.6 is 0 Å². The average molecular weight is 315 g/mol. The summed E-state index contributed by atoms with van der Waals surface area (Å²) in [5, 5.41) is 8.89. The van der Waals surface area contributed by atoms with E-state index in [1.54, 1.807) is 0 Å². The van der Waals surface area contributed by atoms with Gasteiger partial charge in [0.25, 0.3) is 11.5 Å². The molecule has 1 saturated heterocycles. The minimum absolute atomic E-state index is 0.0832. The van der Waals surface area contributed by atoms with Gasteiger partial charge in [-0.2, -0.15) is 0 Å². The van der Waals surface area contributed by atoms with Gasteiger partial charge in [-0.15, -0.1) is 0 Å². The van der Waals surface area contributed by atoms with Crippen LogP contribution in [-0.4, -0.2) is 64.4 Å². The Morgan fingerprint density at radius 2 is 2.19 bits per heavy atom. The van der Waals surface area contributed by atoms with Gasteiger partial charge < -0.3 is 15.0 Å². The molecule has 1 aromatic rings. The summed E-state index contributed by atoms with van der Waals surface area (Å²) in [4.78, 5) is 41.0. The number of aromatic amines is 1. The van der Waals surface area contributed by atoms with E-state index in [2.05, 4.69) is 9.97 Å². The highest BCUT2D eigenvalue weighted by atomic mass is 32.2. The first-order valence-electron chi connectivity index (χ1n) is 6.06. The van der Waals surface area contributed by atoms with Crippen molar-refractivity contribution in [2.45, 2.75) is 12.5 Å². The molecule has 0 spiro atoms. The van der Waals surface area contributed by atoms with Gasteiger partial charge in [0.1, 0.15) is 12.2 Å². The predicted molar refractivity (Wildman–Crippen MR) is 70.6 cm³/mol. The van der Waals surface area contributed by atoms with E-state index in [4.69, 9.17) is 5.11 Å². The maximum atomic E-state index is 12.3. The Bertz CT molecular complexity index is 705. The smallest absolute Gasteiger partial charge is 0.323 e. The number of hydrogen-bond acceptors (Lipinski definition) is 6. The summed E-state index contributed by atoms with van der Waals surface area (Å²) >= 11 is 0. The number of carboxylic acid groups (broad SMARTS) is 1. The van der Waals surface area contributed by atoms with Crippen molar-refractivity contribution in [3.8, 4) is 0 Å². The number of amides is 1. The fourth-order valence-electron chi connectivity index (χ4n) is 2.14. The lowest BCUT2D eigenvalue weighted by molar-refractivity contribution is -0.138. The van der Waals surface area contributed by atoms with Gasteiger partial charge in [0.05, 0.1) is 17.7 Å². The van der Waals surface area contributed by atoms with Crippen molar-refractivity contribution < 1.29 is 23.1 Å². The number of carbonyl (C=O) groups excluding carboxylic acids is 1. The van der Waals surface area contributed by atoms with Gasteiger partial charge in [-0.25, -0.2) is 13.4 Å². The van der Waals surface area contributed by atoms with E-state index in [1.165, 1.54) is 0 Å². The summed E-state index contributed by atoms with van der Waals surface area (Å²) in [6, 6.07) is -0.702. The number of rotatable bonds is 4. The van der Waals surface area contributed by atoms with Crippen LogP contribution in [0.15, 0.2) is 17.2 Å². The van der Waals surface area contributed by atoms with Crippen molar-refractivity contribution in [1.82, 2.24) is 14.9 Å². The number of aromatic nitrogens is 2. The summed E-state index contributed by atoms with van der Waals surface area (Å²) in [5.74, 6) is -2.33. The van der Waals surface area contributed by atoms with E-state index in [0.29, 0.717) is 0 Å². The Hall–Kier alpha value is -2.23. The van der Waals surface area contributed by atoms with E-state index >= 15 is 0 Å². The van der Waals surface area contributed by atoms with Crippen LogP contribution in [0.4, 0.5) is 0 Å². The minimum Gasteiger partial charge on any atom is -0.480 e. The number of hydrogen-bond donors (Lipinski definition) is 2. The lowest BCUT2D eigenvalue weighted by Crippen LogP contribution is -2.44. The molecule has 0 saturated carbocycles. The van der Waals surface area contributed by atoms with Gasteiger partial charge in [-0.3, -0.25) is 14.4 Å². The van der Waals surface area contributed by atoms with Gasteiger partial charge >= 0.3 is 5.97 Å². The van der Waals surface area contributed by atoms with E-state index in [0.717, 1.165) is 17.3 Å². The molecule has 1 aromatic heterocycles. The van der Waals surface area contributed by atoms with Gasteiger partial charge in [0, 0.05) is 12.2 Å². The minimum atomic E-state index is -3.26. The largest absolute Gasteiger partial charge is 0.480 e. The molecule has 0 aromatic carbocycles. The van der Waals surface area contributed by atoms with Crippen LogP contribution in [0.2, 0.25) is 0 Å². The molecule has 21 heavy (non-hydrogen) atoms. The molecule has 1 aliphatic rings. The molecule has 114 valence electrons. The first-order valence-corrected chi connectivity index (χ1v) is 7.88. The predicted octanol–water partition coefficient (Wildman–Crippen LogP) is -1.52. The lowest BCUT2D eigenvalue weighted by Gasteiger charge is -2.25. The van der Waals surface area contributed by atoms with Crippen molar-refractivity contribution in [3.05, 3.63) is 28.4 Å². The Morgan fingerprint density at radius 1 is 1.48 bits per heavy atom. The highest BCUT2D eigenvalue weighted by Gasteiger charge is 2.36. The zero-order chi connectivity index (χ0) is 15.6. The molecule has 2 N–H and O–H groups in total. The molecule has 2 heterocycles. The number of aliphatic carboxylic acids is 1. The number of carboxylic acids is 1. The number of nitrogens with zero attached hydrogens (tertiary/aromatic N) is 2. The first kappa shape index (κ1) is 15.2. The zero-order valence-corrected chi connectivity index (χ0v) is 11.7. The second-order valence-corrected chi connectivity index (χ2v) is 6.91. The highest BCUT2D eigenvalue weighted by molar-refractivity contribution is 7.91. The molecule has 1 aliphatic heterocycles. The number of sulfone groups is 1. The van der Waals surface area contributed by atoms with Crippen LogP contribution in [0.5, 0.6) is 0 Å². The SMILES string of the molecule is O=C(O)CN(C(=O)c1c[nH]c(=O)cn1)C1CCS(=O)(=O)C1. The van der Waals surface area contributed by atoms with Crippen molar-refractivity contribution in [2.75, 3.05) is 18.1 Å². The third kappa shape index (κ3) is 3.66. The van der Waals surface area contributed by atoms with Gasteiger partial charge in [0.2, 0.25) is 0 Å². The number of nitrogens with one attached hydrogen (secondary N) is 1. The number of H-pyrrole nitrogens is 1.